The third-order valence-corrected chi connectivity index (χ3v) is 6.75. The summed E-state index contributed by atoms with van der Waals surface area (Å²) in [6.07, 6.45) is 2.38. The van der Waals surface area contributed by atoms with Gasteiger partial charge >= 0.3 is 0 Å². The van der Waals surface area contributed by atoms with Crippen molar-refractivity contribution in [1.82, 2.24) is 10.2 Å². The third-order valence-electron chi connectivity index (χ3n) is 5.52. The number of rotatable bonds is 4. The van der Waals surface area contributed by atoms with Crippen molar-refractivity contribution in [2.75, 3.05) is 44.4 Å². The Bertz CT molecular complexity index is 388. The van der Waals surface area contributed by atoms with Crippen molar-refractivity contribution in [2.45, 2.75) is 63.3 Å². The lowest BCUT2D eigenvalue weighted by Crippen LogP contribution is -2.60. The molecule has 1 N–H and O–H groups in total. The van der Waals surface area contributed by atoms with Crippen LogP contribution in [0.1, 0.15) is 40.5 Å². The molecule has 3 heterocycles. The fraction of sp³-hybridized carbons (Fsp3) is 1.00. The molecule has 0 saturated carbocycles. The highest BCUT2D eigenvalue weighted by molar-refractivity contribution is 7.99. The van der Waals surface area contributed by atoms with E-state index >= 15 is 0 Å². The van der Waals surface area contributed by atoms with Crippen molar-refractivity contribution in [2.24, 2.45) is 0 Å². The van der Waals surface area contributed by atoms with Crippen LogP contribution in [-0.2, 0) is 9.47 Å². The molecule has 4 nitrogen and oxygen atoms in total. The number of hydrogen-bond donors (Lipinski definition) is 1. The van der Waals surface area contributed by atoms with Gasteiger partial charge in [0.2, 0.25) is 0 Å². The summed E-state index contributed by atoms with van der Waals surface area (Å²) in [5.41, 5.74) is 0.219. The summed E-state index contributed by atoms with van der Waals surface area (Å²) in [6, 6.07) is 0.436. The summed E-state index contributed by atoms with van der Waals surface area (Å²) in [4.78, 5) is 2.68. The van der Waals surface area contributed by atoms with Gasteiger partial charge < -0.3 is 14.8 Å². The molecule has 0 unspecified atom stereocenters. The Morgan fingerprint density at radius 3 is 2.45 bits per heavy atom. The van der Waals surface area contributed by atoms with Crippen molar-refractivity contribution in [3.63, 3.8) is 0 Å². The van der Waals surface area contributed by atoms with Gasteiger partial charge in [0.05, 0.1) is 24.4 Å². The predicted octanol–water partition coefficient (Wildman–Crippen LogP) is 2.13. The smallest absolute Gasteiger partial charge is 0.0787 e. The molecule has 0 aromatic heterocycles. The number of nitrogens with one attached hydrogen (secondary N) is 1. The Labute approximate surface area is 139 Å². The quantitative estimate of drug-likeness (QED) is 0.855. The van der Waals surface area contributed by atoms with Crippen LogP contribution < -0.4 is 5.32 Å². The van der Waals surface area contributed by atoms with Crippen LogP contribution in [0.25, 0.3) is 0 Å². The normalized spacial score (nSPS) is 38.5. The number of thioether (sulfide) groups is 1. The Kier molecular flexibility index (Phi) is 4.83. The highest BCUT2D eigenvalue weighted by atomic mass is 32.2. The fourth-order valence-corrected chi connectivity index (χ4v) is 5.81. The maximum atomic E-state index is 6.24. The predicted molar refractivity (Wildman–Crippen MR) is 92.7 cm³/mol. The van der Waals surface area contributed by atoms with Gasteiger partial charge in [-0.2, -0.15) is 11.8 Å². The van der Waals surface area contributed by atoms with Crippen LogP contribution in [0.2, 0.25) is 0 Å². The standard InChI is InChI=1S/C17H32N2O2S/c1-15(2)11-14(16(3,4)21-15)18-12-17(5-10-22-13-17)19-6-8-20-9-7-19/h14,18H,5-13H2,1-4H3/t14-,17-/m1/s1. The van der Waals surface area contributed by atoms with Gasteiger partial charge in [-0.15, -0.1) is 0 Å². The van der Waals surface area contributed by atoms with Gasteiger partial charge in [0.1, 0.15) is 0 Å². The largest absolute Gasteiger partial charge is 0.379 e. The number of hydrogen-bond acceptors (Lipinski definition) is 5. The summed E-state index contributed by atoms with van der Waals surface area (Å²) in [5, 5.41) is 3.89. The van der Waals surface area contributed by atoms with E-state index in [1.54, 1.807) is 0 Å². The summed E-state index contributed by atoms with van der Waals surface area (Å²) in [7, 11) is 0. The number of ether oxygens (including phenoxy) is 2. The van der Waals surface area contributed by atoms with Crippen LogP contribution in [0, 0.1) is 0 Å². The third kappa shape index (κ3) is 3.48. The Morgan fingerprint density at radius 2 is 1.91 bits per heavy atom. The van der Waals surface area contributed by atoms with E-state index in [9.17, 15) is 0 Å². The second kappa shape index (κ2) is 6.25. The van der Waals surface area contributed by atoms with Gasteiger partial charge in [-0.3, -0.25) is 4.90 Å². The monoisotopic (exact) mass is 328 g/mol. The molecule has 22 heavy (non-hydrogen) atoms. The first kappa shape index (κ1) is 17.0. The van der Waals surface area contributed by atoms with Crippen LogP contribution in [-0.4, -0.2) is 72.0 Å². The highest BCUT2D eigenvalue weighted by Gasteiger charge is 2.47. The molecular weight excluding hydrogens is 296 g/mol. The van der Waals surface area contributed by atoms with E-state index in [2.05, 4.69) is 49.7 Å². The van der Waals surface area contributed by atoms with E-state index in [0.29, 0.717) is 11.6 Å². The highest BCUT2D eigenvalue weighted by Crippen LogP contribution is 2.39. The first-order chi connectivity index (χ1) is 10.3. The molecule has 3 fully saturated rings. The lowest BCUT2D eigenvalue weighted by atomic mass is 9.91. The van der Waals surface area contributed by atoms with E-state index < -0.39 is 0 Å². The summed E-state index contributed by atoms with van der Waals surface area (Å²) >= 11 is 2.10. The SMILES string of the molecule is CC1(C)C[C@@H](NC[C@]2(N3CCOCC3)CCSC2)C(C)(C)O1. The minimum Gasteiger partial charge on any atom is -0.379 e. The Hall–Kier alpha value is 0.190. The molecule has 0 bridgehead atoms. The maximum absolute atomic E-state index is 6.24. The molecule has 0 aromatic carbocycles. The topological polar surface area (TPSA) is 33.7 Å². The van der Waals surface area contributed by atoms with E-state index in [-0.39, 0.29) is 11.2 Å². The lowest BCUT2D eigenvalue weighted by Gasteiger charge is -2.44. The average molecular weight is 329 g/mol. The molecular formula is C17H32N2O2S. The summed E-state index contributed by atoms with van der Waals surface area (Å²) in [6.45, 7) is 13.9. The first-order valence-electron chi connectivity index (χ1n) is 8.67. The number of nitrogens with zero attached hydrogens (tertiary/aromatic N) is 1. The van der Waals surface area contributed by atoms with Crippen molar-refractivity contribution in [3.05, 3.63) is 0 Å². The zero-order valence-corrected chi connectivity index (χ0v) is 15.4. The van der Waals surface area contributed by atoms with E-state index in [0.717, 1.165) is 39.3 Å². The minimum absolute atomic E-state index is 0.0162. The van der Waals surface area contributed by atoms with Crippen molar-refractivity contribution in [1.29, 1.82) is 0 Å². The van der Waals surface area contributed by atoms with Gasteiger partial charge in [0.15, 0.2) is 0 Å². The molecule has 3 aliphatic heterocycles. The van der Waals surface area contributed by atoms with Gasteiger partial charge in [-0.1, -0.05) is 0 Å². The summed E-state index contributed by atoms with van der Waals surface area (Å²) < 4.78 is 11.8. The average Bonchev–Trinajstić information content (AvgIpc) is 3.00. The maximum Gasteiger partial charge on any atom is 0.0787 e. The van der Waals surface area contributed by atoms with Gasteiger partial charge in [0, 0.05) is 37.0 Å². The summed E-state index contributed by atoms with van der Waals surface area (Å²) in [5.74, 6) is 2.53. The van der Waals surface area contributed by atoms with Gasteiger partial charge in [0.25, 0.3) is 0 Å². The Morgan fingerprint density at radius 1 is 1.18 bits per heavy atom. The van der Waals surface area contributed by atoms with Crippen molar-refractivity contribution in [3.8, 4) is 0 Å². The second-order valence-corrected chi connectivity index (χ2v) is 9.33. The molecule has 3 rings (SSSR count). The van der Waals surface area contributed by atoms with Crippen LogP contribution in [0.3, 0.4) is 0 Å². The minimum atomic E-state index is -0.0819. The first-order valence-corrected chi connectivity index (χ1v) is 9.83. The second-order valence-electron chi connectivity index (χ2n) is 8.23. The molecule has 0 spiro atoms. The van der Waals surface area contributed by atoms with E-state index in [4.69, 9.17) is 9.47 Å². The molecule has 0 aliphatic carbocycles. The number of morpholine rings is 1. The van der Waals surface area contributed by atoms with Gasteiger partial charge in [-0.05, 0) is 46.3 Å². The van der Waals surface area contributed by atoms with Crippen molar-refractivity contribution >= 4 is 11.8 Å². The molecule has 0 aromatic rings. The molecule has 128 valence electrons. The fourth-order valence-electron chi connectivity index (χ4n) is 4.33. The lowest BCUT2D eigenvalue weighted by molar-refractivity contribution is -0.0711. The van der Waals surface area contributed by atoms with Crippen LogP contribution in [0.15, 0.2) is 0 Å². The van der Waals surface area contributed by atoms with Crippen LogP contribution in [0.5, 0.6) is 0 Å². The van der Waals surface area contributed by atoms with E-state index in [1.807, 2.05) is 0 Å². The molecule has 2 atom stereocenters. The van der Waals surface area contributed by atoms with Crippen LogP contribution >= 0.6 is 11.8 Å². The molecule has 0 radical (unpaired) electrons. The molecule has 5 heteroatoms. The van der Waals surface area contributed by atoms with E-state index in [1.165, 1.54) is 17.9 Å². The van der Waals surface area contributed by atoms with Gasteiger partial charge in [-0.25, -0.2) is 0 Å². The van der Waals surface area contributed by atoms with Crippen molar-refractivity contribution < 1.29 is 9.47 Å². The molecule has 0 amide bonds. The van der Waals surface area contributed by atoms with Crippen LogP contribution in [0.4, 0.5) is 0 Å². The zero-order chi connectivity index (χ0) is 15.8. The molecule has 3 aliphatic rings. The zero-order valence-electron chi connectivity index (χ0n) is 14.6. The Balaban J connectivity index is 1.65. The molecule has 3 saturated heterocycles.